The molecule has 1 saturated heterocycles. The van der Waals surface area contributed by atoms with Crippen LogP contribution in [0.15, 0.2) is 24.3 Å². The number of esters is 1. The monoisotopic (exact) mass is 381 g/mol. The van der Waals surface area contributed by atoms with E-state index in [2.05, 4.69) is 11.8 Å². The Hall–Kier alpha value is -2.47. The number of piperidine rings is 1. The zero-order valence-corrected chi connectivity index (χ0v) is 16.6. The number of hydrogen-bond acceptors (Lipinski definition) is 5. The van der Waals surface area contributed by atoms with Crippen molar-refractivity contribution in [1.29, 1.82) is 0 Å². The number of amides is 1. The first-order valence-electron chi connectivity index (χ1n) is 10.1. The van der Waals surface area contributed by atoms with Crippen molar-refractivity contribution in [1.82, 2.24) is 14.8 Å². The number of hydrogen-bond donors (Lipinski definition) is 0. The number of pyridine rings is 1. The van der Waals surface area contributed by atoms with Crippen molar-refractivity contribution in [3.05, 3.63) is 41.1 Å². The van der Waals surface area contributed by atoms with Crippen molar-refractivity contribution in [2.75, 3.05) is 33.3 Å². The molecule has 0 spiro atoms. The number of carbonyl (C=O) groups is 2. The fraction of sp³-hybridized carbons (Fsp3) is 0.500. The summed E-state index contributed by atoms with van der Waals surface area (Å²) in [6.45, 7) is 5.02. The molecule has 6 heteroatoms. The van der Waals surface area contributed by atoms with Gasteiger partial charge in [-0.3, -0.25) is 9.78 Å². The van der Waals surface area contributed by atoms with Gasteiger partial charge in [0.05, 0.1) is 11.1 Å². The van der Waals surface area contributed by atoms with E-state index in [4.69, 9.17) is 9.72 Å². The van der Waals surface area contributed by atoms with Gasteiger partial charge in [-0.15, -0.1) is 0 Å². The van der Waals surface area contributed by atoms with Gasteiger partial charge in [0.15, 0.2) is 6.61 Å². The second-order valence-corrected chi connectivity index (χ2v) is 8.08. The predicted octanol–water partition coefficient (Wildman–Crippen LogP) is 2.64. The second-order valence-electron chi connectivity index (χ2n) is 8.08. The van der Waals surface area contributed by atoms with Crippen molar-refractivity contribution in [2.24, 2.45) is 5.92 Å². The van der Waals surface area contributed by atoms with Gasteiger partial charge < -0.3 is 14.5 Å². The smallest absolute Gasteiger partial charge is 0.339 e. The lowest BCUT2D eigenvalue weighted by Gasteiger charge is -2.31. The van der Waals surface area contributed by atoms with Gasteiger partial charge in [0.2, 0.25) is 0 Å². The van der Waals surface area contributed by atoms with E-state index in [1.54, 1.807) is 0 Å². The van der Waals surface area contributed by atoms with Crippen molar-refractivity contribution in [3.8, 4) is 0 Å². The maximum Gasteiger partial charge on any atom is 0.339 e. The summed E-state index contributed by atoms with van der Waals surface area (Å²) in [6.07, 6.45) is 2.96. The molecule has 28 heavy (non-hydrogen) atoms. The Kier molecular flexibility index (Phi) is 5.31. The van der Waals surface area contributed by atoms with Crippen molar-refractivity contribution in [2.45, 2.75) is 32.7 Å². The van der Waals surface area contributed by atoms with E-state index in [9.17, 15) is 9.59 Å². The molecular weight excluding hydrogens is 354 g/mol. The first kappa shape index (κ1) is 18.9. The van der Waals surface area contributed by atoms with Crippen LogP contribution in [0.5, 0.6) is 0 Å². The predicted molar refractivity (Wildman–Crippen MR) is 107 cm³/mol. The van der Waals surface area contributed by atoms with Crippen LogP contribution in [0.2, 0.25) is 0 Å². The van der Waals surface area contributed by atoms with Crippen molar-refractivity contribution in [3.63, 3.8) is 0 Å². The summed E-state index contributed by atoms with van der Waals surface area (Å²) in [5, 5.41) is 0.792. The molecule has 1 aromatic carbocycles. The minimum absolute atomic E-state index is 0.107. The van der Waals surface area contributed by atoms with Crippen LogP contribution in [0.25, 0.3) is 10.9 Å². The lowest BCUT2D eigenvalue weighted by molar-refractivity contribution is -0.136. The number of benzene rings is 1. The zero-order valence-electron chi connectivity index (χ0n) is 16.6. The van der Waals surface area contributed by atoms with Crippen LogP contribution >= 0.6 is 0 Å². The normalized spacial score (nSPS) is 20.1. The standard InChI is InChI=1S/C22H27N3O3/c1-15-6-5-10-25(12-15)20(26)14-28-22(27)21-16-7-3-4-8-18(16)23-19-9-11-24(2)13-17(19)21/h3-4,7-8,15H,5-6,9-14H2,1-2H3. The highest BCUT2D eigenvalue weighted by Gasteiger charge is 2.27. The van der Waals surface area contributed by atoms with Crippen LogP contribution in [0.1, 0.15) is 41.4 Å². The third-order valence-corrected chi connectivity index (χ3v) is 5.78. The van der Waals surface area contributed by atoms with Gasteiger partial charge in [0.1, 0.15) is 0 Å². The van der Waals surface area contributed by atoms with Crippen molar-refractivity contribution >= 4 is 22.8 Å². The van der Waals surface area contributed by atoms with E-state index >= 15 is 0 Å². The molecule has 0 aliphatic carbocycles. The van der Waals surface area contributed by atoms with E-state index in [0.717, 1.165) is 61.1 Å². The van der Waals surface area contributed by atoms with E-state index in [-0.39, 0.29) is 12.5 Å². The maximum atomic E-state index is 13.0. The molecule has 4 rings (SSSR count). The summed E-state index contributed by atoms with van der Waals surface area (Å²) in [5.41, 5.74) is 3.25. The molecule has 1 amide bonds. The van der Waals surface area contributed by atoms with Crippen LogP contribution in [-0.4, -0.2) is 59.9 Å². The molecule has 1 fully saturated rings. The molecule has 1 aromatic heterocycles. The lowest BCUT2D eigenvalue weighted by atomic mass is 9.96. The molecule has 1 atom stereocenters. The van der Waals surface area contributed by atoms with E-state index in [1.807, 2.05) is 36.2 Å². The van der Waals surface area contributed by atoms with E-state index in [1.165, 1.54) is 0 Å². The summed E-state index contributed by atoms with van der Waals surface area (Å²) >= 11 is 0. The summed E-state index contributed by atoms with van der Waals surface area (Å²) in [6, 6.07) is 7.65. The molecule has 0 saturated carbocycles. The fourth-order valence-corrected chi connectivity index (χ4v) is 4.26. The highest BCUT2D eigenvalue weighted by atomic mass is 16.5. The Balaban J connectivity index is 1.58. The Morgan fingerprint density at radius 3 is 2.89 bits per heavy atom. The van der Waals surface area contributed by atoms with Gasteiger partial charge in [-0.2, -0.15) is 0 Å². The largest absolute Gasteiger partial charge is 0.452 e. The second kappa shape index (κ2) is 7.87. The number of aromatic nitrogens is 1. The van der Waals surface area contributed by atoms with Gasteiger partial charge in [0, 0.05) is 49.2 Å². The minimum Gasteiger partial charge on any atom is -0.452 e. The first-order chi connectivity index (χ1) is 13.5. The number of nitrogens with zero attached hydrogens (tertiary/aromatic N) is 3. The average molecular weight is 381 g/mol. The summed E-state index contributed by atoms with van der Waals surface area (Å²) in [7, 11) is 2.04. The zero-order chi connectivity index (χ0) is 19.7. The molecule has 2 aliphatic heterocycles. The number of likely N-dealkylation sites (N-methyl/N-ethyl adjacent to an activating group) is 1. The highest BCUT2D eigenvalue weighted by molar-refractivity contribution is 6.05. The minimum atomic E-state index is -0.427. The summed E-state index contributed by atoms with van der Waals surface area (Å²) < 4.78 is 5.51. The molecule has 2 aliphatic rings. The molecule has 0 N–H and O–H groups in total. The maximum absolute atomic E-state index is 13.0. The van der Waals surface area contributed by atoms with Gasteiger partial charge in [-0.25, -0.2) is 4.79 Å². The number of ether oxygens (including phenoxy) is 1. The fourth-order valence-electron chi connectivity index (χ4n) is 4.26. The van der Waals surface area contributed by atoms with Crippen LogP contribution in [0.4, 0.5) is 0 Å². The Labute approximate surface area is 165 Å². The van der Waals surface area contributed by atoms with Gasteiger partial charge >= 0.3 is 5.97 Å². The van der Waals surface area contributed by atoms with Crippen LogP contribution in [-0.2, 0) is 22.5 Å². The lowest BCUT2D eigenvalue weighted by Crippen LogP contribution is -2.41. The number of fused-ring (bicyclic) bond motifs is 2. The molecule has 2 aromatic rings. The molecule has 6 nitrogen and oxygen atoms in total. The van der Waals surface area contributed by atoms with Gasteiger partial charge in [0.25, 0.3) is 5.91 Å². The third-order valence-electron chi connectivity index (χ3n) is 5.78. The first-order valence-corrected chi connectivity index (χ1v) is 10.1. The number of para-hydroxylation sites is 1. The summed E-state index contributed by atoms with van der Waals surface area (Å²) in [5.74, 6) is -0.0343. The Morgan fingerprint density at radius 1 is 1.25 bits per heavy atom. The van der Waals surface area contributed by atoms with E-state index < -0.39 is 5.97 Å². The van der Waals surface area contributed by atoms with Crippen molar-refractivity contribution < 1.29 is 14.3 Å². The molecule has 1 unspecified atom stereocenters. The number of likely N-dealkylation sites (tertiary alicyclic amines) is 1. The molecular formula is C22H27N3O3. The molecule has 0 radical (unpaired) electrons. The summed E-state index contributed by atoms with van der Waals surface area (Å²) in [4.78, 5) is 34.3. The highest BCUT2D eigenvalue weighted by Crippen LogP contribution is 2.28. The quantitative estimate of drug-likeness (QED) is 0.765. The topological polar surface area (TPSA) is 62.7 Å². The number of rotatable bonds is 3. The van der Waals surface area contributed by atoms with Gasteiger partial charge in [-0.1, -0.05) is 25.1 Å². The van der Waals surface area contributed by atoms with Gasteiger partial charge in [-0.05, 0) is 31.9 Å². The number of carbonyl (C=O) groups excluding carboxylic acids is 2. The van der Waals surface area contributed by atoms with E-state index in [0.29, 0.717) is 18.0 Å². The third kappa shape index (κ3) is 3.74. The Morgan fingerprint density at radius 2 is 2.07 bits per heavy atom. The average Bonchev–Trinajstić information content (AvgIpc) is 2.70. The molecule has 148 valence electrons. The van der Waals surface area contributed by atoms with Crippen LogP contribution in [0, 0.1) is 5.92 Å². The molecule has 0 bridgehead atoms. The van der Waals surface area contributed by atoms with Crippen LogP contribution < -0.4 is 0 Å². The molecule has 3 heterocycles. The van der Waals surface area contributed by atoms with Crippen LogP contribution in [0.3, 0.4) is 0 Å². The SMILES string of the molecule is CC1CCCN(C(=O)COC(=O)c2c3c(nc4ccccc24)CCN(C)C3)C1. The Bertz CT molecular complexity index is 911.